The van der Waals surface area contributed by atoms with Crippen LogP contribution >= 0.6 is 0 Å². The Morgan fingerprint density at radius 1 is 1.25 bits per heavy atom. The van der Waals surface area contributed by atoms with Crippen LogP contribution in [-0.2, 0) is 14.6 Å². The van der Waals surface area contributed by atoms with E-state index in [4.69, 9.17) is 0 Å². The van der Waals surface area contributed by atoms with E-state index in [1.165, 1.54) is 6.92 Å². The van der Waals surface area contributed by atoms with Gasteiger partial charge in [-0.25, -0.2) is 8.42 Å². The Morgan fingerprint density at radius 2 is 1.67 bits per heavy atom. The van der Waals surface area contributed by atoms with Crippen LogP contribution in [0.3, 0.4) is 0 Å². The Kier molecular flexibility index (Phi) is 3.45. The average Bonchev–Trinajstić information content (AvgIpc) is 1.84. The van der Waals surface area contributed by atoms with Gasteiger partial charge in [-0.05, 0) is 5.41 Å². The van der Waals surface area contributed by atoms with Crippen LogP contribution in [0.1, 0.15) is 34.1 Å². The van der Waals surface area contributed by atoms with Crippen molar-refractivity contribution in [2.75, 3.05) is 5.75 Å². The van der Waals surface area contributed by atoms with Gasteiger partial charge in [-0.15, -0.1) is 0 Å². The standard InChI is InChI=1S/C8H16O3S/c1-5-12(10,11)7(9)6-8(2,3)4/h5-6H2,1-4H3. The van der Waals surface area contributed by atoms with Gasteiger partial charge in [0.05, 0.1) is 5.75 Å². The van der Waals surface area contributed by atoms with E-state index in [2.05, 4.69) is 0 Å². The molecule has 0 saturated carbocycles. The lowest BCUT2D eigenvalue weighted by Crippen LogP contribution is -2.22. The lowest BCUT2D eigenvalue weighted by Gasteiger charge is -2.15. The summed E-state index contributed by atoms with van der Waals surface area (Å²) in [6, 6.07) is 0. The first-order valence-electron chi connectivity index (χ1n) is 3.94. The van der Waals surface area contributed by atoms with Crippen LogP contribution in [0.4, 0.5) is 0 Å². The Bertz CT molecular complexity index is 257. The highest BCUT2D eigenvalue weighted by molar-refractivity contribution is 8.06. The van der Waals surface area contributed by atoms with Crippen molar-refractivity contribution in [1.82, 2.24) is 0 Å². The molecule has 0 bridgehead atoms. The maximum atomic E-state index is 11.1. The van der Waals surface area contributed by atoms with E-state index in [9.17, 15) is 13.2 Å². The van der Waals surface area contributed by atoms with Crippen LogP contribution < -0.4 is 0 Å². The minimum Gasteiger partial charge on any atom is -0.282 e. The van der Waals surface area contributed by atoms with Gasteiger partial charge in [0.1, 0.15) is 0 Å². The van der Waals surface area contributed by atoms with Crippen LogP contribution in [0.5, 0.6) is 0 Å². The molecule has 0 fully saturated rings. The number of rotatable bonds is 2. The van der Waals surface area contributed by atoms with E-state index in [1.807, 2.05) is 20.8 Å². The van der Waals surface area contributed by atoms with Crippen LogP contribution in [-0.4, -0.2) is 19.3 Å². The zero-order valence-corrected chi connectivity index (χ0v) is 8.86. The van der Waals surface area contributed by atoms with Crippen LogP contribution in [0.15, 0.2) is 0 Å². The second-order valence-electron chi connectivity index (χ2n) is 4.01. The molecule has 4 heteroatoms. The lowest BCUT2D eigenvalue weighted by atomic mass is 9.93. The number of carbonyl (C=O) groups excluding carboxylic acids is 1. The van der Waals surface area contributed by atoms with Gasteiger partial charge < -0.3 is 0 Å². The van der Waals surface area contributed by atoms with Crippen molar-refractivity contribution < 1.29 is 13.2 Å². The fourth-order valence-corrected chi connectivity index (χ4v) is 1.68. The summed E-state index contributed by atoms with van der Waals surface area (Å²) in [5.41, 5.74) is -0.251. The van der Waals surface area contributed by atoms with Gasteiger partial charge in [-0.3, -0.25) is 4.79 Å². The first-order valence-corrected chi connectivity index (χ1v) is 5.60. The number of carbonyl (C=O) groups is 1. The lowest BCUT2D eigenvalue weighted by molar-refractivity contribution is -0.113. The molecule has 72 valence electrons. The van der Waals surface area contributed by atoms with Gasteiger partial charge in [-0.1, -0.05) is 27.7 Å². The summed E-state index contributed by atoms with van der Waals surface area (Å²) >= 11 is 0. The molecule has 0 unspecified atom stereocenters. The highest BCUT2D eigenvalue weighted by Gasteiger charge is 2.25. The molecule has 0 N–H and O–H groups in total. The molecule has 0 atom stereocenters. The quantitative estimate of drug-likeness (QED) is 0.664. The Morgan fingerprint density at radius 3 is 1.92 bits per heavy atom. The Labute approximate surface area is 74.1 Å². The van der Waals surface area contributed by atoms with E-state index in [0.717, 1.165) is 0 Å². The van der Waals surface area contributed by atoms with E-state index >= 15 is 0 Å². The summed E-state index contributed by atoms with van der Waals surface area (Å²) in [7, 11) is -3.47. The first-order chi connectivity index (χ1) is 5.19. The van der Waals surface area contributed by atoms with Crippen molar-refractivity contribution in [1.29, 1.82) is 0 Å². The zero-order valence-electron chi connectivity index (χ0n) is 8.05. The maximum Gasteiger partial charge on any atom is 0.246 e. The fourth-order valence-electron chi connectivity index (χ4n) is 0.704. The van der Waals surface area contributed by atoms with Gasteiger partial charge in [0.15, 0.2) is 0 Å². The van der Waals surface area contributed by atoms with Crippen molar-refractivity contribution in [2.45, 2.75) is 34.1 Å². The summed E-state index contributed by atoms with van der Waals surface area (Å²) in [6.07, 6.45) is 0.100. The number of sulfone groups is 1. The van der Waals surface area contributed by atoms with Gasteiger partial charge in [-0.2, -0.15) is 0 Å². The largest absolute Gasteiger partial charge is 0.282 e. The predicted molar refractivity (Wildman–Crippen MR) is 48.5 cm³/mol. The van der Waals surface area contributed by atoms with E-state index in [0.29, 0.717) is 0 Å². The zero-order chi connectivity index (χ0) is 9.99. The molecule has 0 radical (unpaired) electrons. The van der Waals surface area contributed by atoms with Gasteiger partial charge in [0.2, 0.25) is 15.0 Å². The summed E-state index contributed by atoms with van der Waals surface area (Å²) in [6.45, 7) is 7.01. The SMILES string of the molecule is CCS(=O)(=O)C(=O)CC(C)(C)C. The molecule has 0 spiro atoms. The van der Waals surface area contributed by atoms with Crippen LogP contribution in [0.2, 0.25) is 0 Å². The van der Waals surface area contributed by atoms with Crippen molar-refractivity contribution in [2.24, 2.45) is 5.41 Å². The first kappa shape index (κ1) is 11.6. The van der Waals surface area contributed by atoms with Crippen molar-refractivity contribution >= 4 is 15.0 Å². The molecular formula is C8H16O3S. The minimum absolute atomic E-state index is 0.0953. The molecule has 0 rings (SSSR count). The van der Waals surface area contributed by atoms with E-state index in [-0.39, 0.29) is 17.6 Å². The number of hydrogen-bond donors (Lipinski definition) is 0. The van der Waals surface area contributed by atoms with Crippen LogP contribution in [0.25, 0.3) is 0 Å². The third-order valence-electron chi connectivity index (χ3n) is 1.40. The highest BCUT2D eigenvalue weighted by Crippen LogP contribution is 2.20. The Balaban J connectivity index is 4.46. The molecule has 0 aromatic carbocycles. The normalized spacial score (nSPS) is 13.0. The highest BCUT2D eigenvalue weighted by atomic mass is 32.2. The molecule has 12 heavy (non-hydrogen) atoms. The average molecular weight is 192 g/mol. The van der Waals surface area contributed by atoms with E-state index < -0.39 is 15.0 Å². The van der Waals surface area contributed by atoms with Gasteiger partial charge in [0, 0.05) is 6.42 Å². The third-order valence-corrected chi connectivity index (χ3v) is 3.00. The molecule has 0 amide bonds. The topological polar surface area (TPSA) is 51.2 Å². The third kappa shape index (κ3) is 3.85. The molecule has 0 saturated heterocycles. The molecule has 0 aromatic heterocycles. The van der Waals surface area contributed by atoms with Crippen molar-refractivity contribution in [3.8, 4) is 0 Å². The maximum absolute atomic E-state index is 11.1. The molecule has 0 aliphatic carbocycles. The molecule has 0 aromatic rings. The monoisotopic (exact) mass is 192 g/mol. The molecule has 0 heterocycles. The van der Waals surface area contributed by atoms with Crippen molar-refractivity contribution in [3.05, 3.63) is 0 Å². The molecule has 0 aliphatic rings. The van der Waals surface area contributed by atoms with Gasteiger partial charge >= 0.3 is 0 Å². The molecule has 0 aliphatic heterocycles. The van der Waals surface area contributed by atoms with Crippen LogP contribution in [0, 0.1) is 5.41 Å². The van der Waals surface area contributed by atoms with Crippen molar-refractivity contribution in [3.63, 3.8) is 0 Å². The molecule has 3 nitrogen and oxygen atoms in total. The Hall–Kier alpha value is -0.380. The molecular weight excluding hydrogens is 176 g/mol. The summed E-state index contributed by atoms with van der Waals surface area (Å²) < 4.78 is 22.1. The smallest absolute Gasteiger partial charge is 0.246 e. The fraction of sp³-hybridized carbons (Fsp3) is 0.875. The van der Waals surface area contributed by atoms with E-state index in [1.54, 1.807) is 0 Å². The van der Waals surface area contributed by atoms with Gasteiger partial charge in [0.25, 0.3) is 0 Å². The second-order valence-corrected chi connectivity index (χ2v) is 6.28. The predicted octanol–water partition coefficient (Wildman–Crippen LogP) is 1.38. The summed E-state index contributed by atoms with van der Waals surface area (Å²) in [5, 5.41) is -0.641. The summed E-state index contributed by atoms with van der Waals surface area (Å²) in [4.78, 5) is 11.1. The minimum atomic E-state index is -3.47. The number of hydrogen-bond acceptors (Lipinski definition) is 3. The second kappa shape index (κ2) is 3.56. The summed E-state index contributed by atoms with van der Waals surface area (Å²) in [5.74, 6) is -0.0953.